The summed E-state index contributed by atoms with van der Waals surface area (Å²) in [6.07, 6.45) is 16.5. The highest BCUT2D eigenvalue weighted by Gasteiger charge is 2.33. The smallest absolute Gasteiger partial charge is 0.327 e. The van der Waals surface area contributed by atoms with Crippen molar-refractivity contribution in [1.29, 1.82) is 0 Å². The van der Waals surface area contributed by atoms with Gasteiger partial charge < -0.3 is 59.1 Å². The maximum Gasteiger partial charge on any atom is 0.327 e. The highest BCUT2D eigenvalue weighted by molar-refractivity contribution is 7.52. The van der Waals surface area contributed by atoms with E-state index in [9.17, 15) is 28.6 Å². The zero-order valence-corrected chi connectivity index (χ0v) is 33.8. The maximum absolute atomic E-state index is 13.4. The number of terminal acetylenes is 3. The molecule has 0 fully saturated rings. The normalized spacial score (nSPS) is 12.1. The van der Waals surface area contributed by atoms with E-state index in [0.29, 0.717) is 52.5 Å². The lowest BCUT2D eigenvalue weighted by molar-refractivity contribution is -0.127. The molecule has 4 amide bonds. The Kier molecular flexibility index (Phi) is 33.6. The van der Waals surface area contributed by atoms with E-state index in [2.05, 4.69) is 39.0 Å². The molecule has 0 spiro atoms. The van der Waals surface area contributed by atoms with Gasteiger partial charge in [-0.25, -0.2) is 0 Å². The number of nitrogens with one attached hydrogen (secondary N) is 4. The maximum atomic E-state index is 13.4. The Hall–Kier alpha value is -3.53. The summed E-state index contributed by atoms with van der Waals surface area (Å²) >= 11 is 0. The molecule has 0 aliphatic carbocycles. The summed E-state index contributed by atoms with van der Waals surface area (Å²) in [6, 6.07) is 0. The summed E-state index contributed by atoms with van der Waals surface area (Å²) in [4.78, 5) is 61.8. The predicted octanol–water partition coefficient (Wildman–Crippen LogP) is 0.922. The number of carbonyl (C=O) groups is 4. The molecule has 1 unspecified atom stereocenters. The molecule has 0 aliphatic rings. The van der Waals surface area contributed by atoms with Crippen molar-refractivity contribution in [1.82, 2.24) is 21.3 Å². The number of carbonyl (C=O) groups excluding carboxylic acids is 4. The van der Waals surface area contributed by atoms with E-state index in [-0.39, 0.29) is 141 Å². The van der Waals surface area contributed by atoms with Crippen LogP contribution in [0.4, 0.5) is 0 Å². The Morgan fingerprint density at radius 1 is 0.554 bits per heavy atom. The molecular formula is C38H63N4O13P. The topological polar surface area (TPSA) is 218 Å². The zero-order chi connectivity index (χ0) is 41.6. The van der Waals surface area contributed by atoms with Crippen LogP contribution in [0.1, 0.15) is 64.7 Å². The largest absolute Gasteiger partial charge is 0.377 e. The summed E-state index contributed by atoms with van der Waals surface area (Å²) in [7, 11) is -3.66. The lowest BCUT2D eigenvalue weighted by atomic mass is 9.83. The van der Waals surface area contributed by atoms with Crippen LogP contribution in [0.15, 0.2) is 0 Å². The van der Waals surface area contributed by atoms with Gasteiger partial charge in [0.2, 0.25) is 23.6 Å². The standard InChI is InChI=1S/C38H63N4O13P/c1-5-21-49-28-31-52-25-18-39-34(43)12-15-38(42-37(46)11-9-10-24-55-56(47,48)8-4,16-13-35(44)40-19-26-53-32-29-50-22-6-2)17-14-36(45)41-20-27-54-33-30-51-23-7-3/h1-3H,8-33H2,4H3,(H,39,43)(H,40,44)(H,41,45)(H,42,46)(H,47,48). The van der Waals surface area contributed by atoms with Crippen LogP contribution in [0.2, 0.25) is 0 Å². The minimum atomic E-state index is -3.66. The molecule has 1 atom stereocenters. The third-order valence-corrected chi connectivity index (χ3v) is 9.15. The molecule has 318 valence electrons. The Balaban J connectivity index is 5.58. The molecule has 0 saturated carbocycles. The lowest BCUT2D eigenvalue weighted by Gasteiger charge is -2.35. The van der Waals surface area contributed by atoms with Crippen molar-refractivity contribution in [2.45, 2.75) is 70.3 Å². The van der Waals surface area contributed by atoms with Crippen molar-refractivity contribution >= 4 is 31.2 Å². The van der Waals surface area contributed by atoms with Crippen LogP contribution in [0.3, 0.4) is 0 Å². The van der Waals surface area contributed by atoms with E-state index < -0.39 is 13.1 Å². The second kappa shape index (κ2) is 35.9. The molecule has 0 aromatic heterocycles. The molecule has 5 N–H and O–H groups in total. The van der Waals surface area contributed by atoms with Gasteiger partial charge in [0, 0.05) is 57.0 Å². The number of unbranched alkanes of at least 4 members (excludes halogenated alkanes) is 1. The Morgan fingerprint density at radius 3 is 1.29 bits per heavy atom. The molecule has 0 heterocycles. The summed E-state index contributed by atoms with van der Waals surface area (Å²) < 4.78 is 48.6. The van der Waals surface area contributed by atoms with Gasteiger partial charge in [-0.2, -0.15) is 0 Å². The van der Waals surface area contributed by atoms with Gasteiger partial charge in [-0.1, -0.05) is 24.7 Å². The molecule has 0 bridgehead atoms. The number of rotatable bonds is 38. The van der Waals surface area contributed by atoms with Crippen molar-refractivity contribution in [3.63, 3.8) is 0 Å². The fourth-order valence-electron chi connectivity index (χ4n) is 4.77. The van der Waals surface area contributed by atoms with Gasteiger partial charge in [0.25, 0.3) is 0 Å². The van der Waals surface area contributed by atoms with Crippen LogP contribution >= 0.6 is 7.60 Å². The van der Waals surface area contributed by atoms with Crippen molar-refractivity contribution in [2.75, 3.05) is 112 Å². The molecular weight excluding hydrogens is 751 g/mol. The second-order valence-electron chi connectivity index (χ2n) is 12.2. The first-order chi connectivity index (χ1) is 27.0. The molecule has 0 aromatic rings. The van der Waals surface area contributed by atoms with Gasteiger partial charge in [0.15, 0.2) is 0 Å². The summed E-state index contributed by atoms with van der Waals surface area (Å²) in [5, 5.41) is 11.4. The van der Waals surface area contributed by atoms with Crippen molar-refractivity contribution < 1.29 is 61.6 Å². The minimum absolute atomic E-state index is 0.00545. The number of hydrogen-bond donors (Lipinski definition) is 5. The van der Waals surface area contributed by atoms with Gasteiger partial charge in [-0.15, -0.1) is 19.3 Å². The molecule has 0 saturated heterocycles. The van der Waals surface area contributed by atoms with E-state index in [1.807, 2.05) is 0 Å². The van der Waals surface area contributed by atoms with Crippen LogP contribution in [0.5, 0.6) is 0 Å². The molecule has 0 aromatic carbocycles. The molecule has 56 heavy (non-hydrogen) atoms. The zero-order valence-electron chi connectivity index (χ0n) is 32.9. The summed E-state index contributed by atoms with van der Waals surface area (Å²) in [6.45, 7) is 5.38. The molecule has 18 heteroatoms. The predicted molar refractivity (Wildman–Crippen MR) is 209 cm³/mol. The molecule has 0 radical (unpaired) electrons. The first kappa shape index (κ1) is 52.5. The number of amides is 4. The van der Waals surface area contributed by atoms with Gasteiger partial charge in [-0.05, 0) is 32.1 Å². The lowest BCUT2D eigenvalue weighted by Crippen LogP contribution is -2.50. The van der Waals surface area contributed by atoms with Gasteiger partial charge in [0.05, 0.1) is 66.1 Å². The Labute approximate surface area is 332 Å². The quantitative estimate of drug-likeness (QED) is 0.0333. The van der Waals surface area contributed by atoms with Crippen LogP contribution in [-0.2, 0) is 56.7 Å². The second-order valence-corrected chi connectivity index (χ2v) is 14.4. The van der Waals surface area contributed by atoms with Crippen molar-refractivity contribution in [2.24, 2.45) is 0 Å². The molecule has 17 nitrogen and oxygen atoms in total. The van der Waals surface area contributed by atoms with E-state index in [4.69, 9.17) is 52.2 Å². The Bertz CT molecular complexity index is 1150. The highest BCUT2D eigenvalue weighted by Crippen LogP contribution is 2.41. The van der Waals surface area contributed by atoms with E-state index >= 15 is 0 Å². The van der Waals surface area contributed by atoms with Gasteiger partial charge in [0.1, 0.15) is 19.8 Å². The van der Waals surface area contributed by atoms with Crippen molar-refractivity contribution in [3.05, 3.63) is 0 Å². The molecule has 0 rings (SSSR count). The fraction of sp³-hybridized carbons (Fsp3) is 0.737. The van der Waals surface area contributed by atoms with Crippen LogP contribution in [0, 0.1) is 37.0 Å². The van der Waals surface area contributed by atoms with E-state index in [1.165, 1.54) is 0 Å². The number of ether oxygens (including phenoxy) is 6. The molecule has 0 aliphatic heterocycles. The highest BCUT2D eigenvalue weighted by atomic mass is 31.2. The van der Waals surface area contributed by atoms with Crippen LogP contribution < -0.4 is 21.3 Å². The van der Waals surface area contributed by atoms with E-state index in [0.717, 1.165) is 0 Å². The van der Waals surface area contributed by atoms with Gasteiger partial charge >= 0.3 is 7.60 Å². The van der Waals surface area contributed by atoms with Crippen molar-refractivity contribution in [3.8, 4) is 37.0 Å². The Morgan fingerprint density at radius 2 is 0.929 bits per heavy atom. The third kappa shape index (κ3) is 32.7. The first-order valence-electron chi connectivity index (χ1n) is 18.9. The number of hydrogen-bond acceptors (Lipinski definition) is 12. The van der Waals surface area contributed by atoms with Crippen LogP contribution in [-0.4, -0.2) is 146 Å². The first-order valence-corrected chi connectivity index (χ1v) is 20.6. The van der Waals surface area contributed by atoms with E-state index in [1.54, 1.807) is 6.92 Å². The SMILES string of the molecule is C#CCOCCOCCNC(=O)CCC(CCC(=O)NCCOCCOCC#C)(CCC(=O)NCCOCCOCC#C)NC(=O)CCCCOP(=O)(O)CC. The average molecular weight is 815 g/mol. The van der Waals surface area contributed by atoms with Crippen LogP contribution in [0.25, 0.3) is 0 Å². The summed E-state index contributed by atoms with van der Waals surface area (Å²) in [5.41, 5.74) is -1.12. The average Bonchev–Trinajstić information content (AvgIpc) is 3.18. The van der Waals surface area contributed by atoms with Gasteiger partial charge in [-0.3, -0.25) is 23.7 Å². The fourth-order valence-corrected chi connectivity index (χ4v) is 5.37. The monoisotopic (exact) mass is 814 g/mol. The summed E-state index contributed by atoms with van der Waals surface area (Å²) in [5.74, 6) is 5.79. The minimum Gasteiger partial charge on any atom is -0.377 e. The third-order valence-electron chi connectivity index (χ3n) is 7.77.